The van der Waals surface area contributed by atoms with Crippen molar-refractivity contribution in [3.05, 3.63) is 23.5 Å². The van der Waals surface area contributed by atoms with E-state index in [1.807, 2.05) is 39.8 Å². The first-order valence-corrected chi connectivity index (χ1v) is 5.86. The minimum atomic E-state index is -0.133. The van der Waals surface area contributed by atoms with E-state index in [1.54, 1.807) is 0 Å². The highest BCUT2D eigenvalue weighted by Crippen LogP contribution is 2.16. The van der Waals surface area contributed by atoms with Crippen LogP contribution in [0.4, 0.5) is 0 Å². The van der Waals surface area contributed by atoms with Crippen LogP contribution in [-0.4, -0.2) is 23.8 Å². The van der Waals surface area contributed by atoms with Gasteiger partial charge in [-0.2, -0.15) is 0 Å². The second-order valence-electron chi connectivity index (χ2n) is 4.91. The largest absolute Gasteiger partial charge is 0.489 e. The zero-order chi connectivity index (χ0) is 12.9. The second-order valence-corrected chi connectivity index (χ2v) is 4.91. The van der Waals surface area contributed by atoms with Gasteiger partial charge in [0.2, 0.25) is 0 Å². The minimum absolute atomic E-state index is 0.133. The Kier molecular flexibility index (Phi) is 4.90. The van der Waals surface area contributed by atoms with Crippen molar-refractivity contribution >= 4 is 0 Å². The Morgan fingerprint density at radius 1 is 1.24 bits per heavy atom. The van der Waals surface area contributed by atoms with E-state index < -0.39 is 0 Å². The van der Waals surface area contributed by atoms with Gasteiger partial charge in [-0.05, 0) is 39.8 Å². The van der Waals surface area contributed by atoms with Crippen LogP contribution in [0, 0.1) is 6.92 Å². The van der Waals surface area contributed by atoms with Crippen molar-refractivity contribution in [2.75, 3.05) is 13.2 Å². The van der Waals surface area contributed by atoms with E-state index in [0.717, 1.165) is 17.1 Å². The van der Waals surface area contributed by atoms with E-state index in [-0.39, 0.29) is 5.60 Å². The van der Waals surface area contributed by atoms with Crippen molar-refractivity contribution < 1.29 is 9.47 Å². The van der Waals surface area contributed by atoms with Crippen LogP contribution in [0.25, 0.3) is 0 Å². The fourth-order valence-corrected chi connectivity index (χ4v) is 1.37. The fraction of sp³-hybridized carbons (Fsp3) is 0.615. The van der Waals surface area contributed by atoms with Gasteiger partial charge in [-0.3, -0.25) is 4.98 Å². The summed E-state index contributed by atoms with van der Waals surface area (Å²) in [6.07, 6.45) is 0. The highest BCUT2D eigenvalue weighted by molar-refractivity contribution is 5.29. The number of nitrogens with zero attached hydrogens (tertiary/aromatic N) is 1. The Bertz CT molecular complexity index is 359. The lowest BCUT2D eigenvalue weighted by Gasteiger charge is -2.19. The lowest BCUT2D eigenvalue weighted by atomic mass is 10.2. The molecule has 1 rings (SSSR count). The van der Waals surface area contributed by atoms with Crippen molar-refractivity contribution in [3.63, 3.8) is 0 Å². The maximum absolute atomic E-state index is 5.62. The average Bonchev–Trinajstić information content (AvgIpc) is 2.24. The van der Waals surface area contributed by atoms with Gasteiger partial charge in [0, 0.05) is 12.2 Å². The molecule has 0 saturated carbocycles. The Morgan fingerprint density at radius 3 is 2.53 bits per heavy atom. The van der Waals surface area contributed by atoms with Gasteiger partial charge >= 0.3 is 0 Å². The van der Waals surface area contributed by atoms with Crippen LogP contribution < -0.4 is 10.5 Å². The highest BCUT2D eigenvalue weighted by Gasteiger charge is 2.10. The number of aryl methyl sites for hydroxylation is 1. The zero-order valence-electron chi connectivity index (χ0n) is 11.1. The van der Waals surface area contributed by atoms with Crippen LogP contribution in [-0.2, 0) is 11.3 Å². The smallest absolute Gasteiger partial charge is 0.142 e. The molecule has 4 nitrogen and oxygen atoms in total. The van der Waals surface area contributed by atoms with Gasteiger partial charge in [0.15, 0.2) is 0 Å². The van der Waals surface area contributed by atoms with Gasteiger partial charge in [0.25, 0.3) is 0 Å². The van der Waals surface area contributed by atoms with Gasteiger partial charge in [0.05, 0.1) is 17.9 Å². The van der Waals surface area contributed by atoms with Gasteiger partial charge in [-0.25, -0.2) is 0 Å². The molecule has 1 aromatic heterocycles. The molecule has 0 aliphatic carbocycles. The molecule has 1 heterocycles. The van der Waals surface area contributed by atoms with Crippen LogP contribution in [0.3, 0.4) is 0 Å². The number of pyridine rings is 1. The molecule has 0 bridgehead atoms. The predicted octanol–water partition coefficient (Wildman–Crippen LogP) is 2.04. The quantitative estimate of drug-likeness (QED) is 0.798. The summed E-state index contributed by atoms with van der Waals surface area (Å²) in [6.45, 7) is 9.45. The third-order valence-electron chi connectivity index (χ3n) is 2.14. The molecule has 0 atom stereocenters. The Balaban J connectivity index is 2.46. The van der Waals surface area contributed by atoms with Crippen molar-refractivity contribution in [1.82, 2.24) is 4.98 Å². The SMILES string of the molecule is Cc1ccc(OCCOC(C)(C)C)c(CN)n1. The van der Waals surface area contributed by atoms with Crippen LogP contribution in [0.1, 0.15) is 32.2 Å². The summed E-state index contributed by atoms with van der Waals surface area (Å²) < 4.78 is 11.2. The molecule has 1 aromatic rings. The molecule has 0 radical (unpaired) electrons. The molecule has 0 aliphatic rings. The van der Waals surface area contributed by atoms with E-state index in [4.69, 9.17) is 15.2 Å². The van der Waals surface area contributed by atoms with E-state index in [2.05, 4.69) is 4.98 Å². The first-order valence-electron chi connectivity index (χ1n) is 5.86. The van der Waals surface area contributed by atoms with Crippen LogP contribution in [0.5, 0.6) is 5.75 Å². The number of rotatable bonds is 5. The number of nitrogens with two attached hydrogens (primary N) is 1. The van der Waals surface area contributed by atoms with Crippen molar-refractivity contribution in [2.24, 2.45) is 5.73 Å². The molecule has 0 aromatic carbocycles. The summed E-state index contributed by atoms with van der Waals surface area (Å²) in [5, 5.41) is 0. The molecule has 0 saturated heterocycles. The van der Waals surface area contributed by atoms with Crippen LogP contribution in [0.15, 0.2) is 12.1 Å². The lowest BCUT2D eigenvalue weighted by Crippen LogP contribution is -2.22. The van der Waals surface area contributed by atoms with Crippen LogP contribution in [0.2, 0.25) is 0 Å². The van der Waals surface area contributed by atoms with Gasteiger partial charge < -0.3 is 15.2 Å². The molecule has 96 valence electrons. The summed E-state index contributed by atoms with van der Waals surface area (Å²) in [7, 11) is 0. The van der Waals surface area contributed by atoms with Gasteiger partial charge in [-0.1, -0.05) is 0 Å². The lowest BCUT2D eigenvalue weighted by molar-refractivity contribution is -0.0164. The van der Waals surface area contributed by atoms with Crippen molar-refractivity contribution in [1.29, 1.82) is 0 Å². The van der Waals surface area contributed by atoms with Crippen LogP contribution >= 0.6 is 0 Å². The number of ether oxygens (including phenoxy) is 2. The fourth-order valence-electron chi connectivity index (χ4n) is 1.37. The average molecular weight is 238 g/mol. The predicted molar refractivity (Wildman–Crippen MR) is 68.1 cm³/mol. The molecule has 0 unspecified atom stereocenters. The summed E-state index contributed by atoms with van der Waals surface area (Å²) in [5.74, 6) is 0.746. The third kappa shape index (κ3) is 5.15. The summed E-state index contributed by atoms with van der Waals surface area (Å²) in [4.78, 5) is 4.33. The van der Waals surface area contributed by atoms with Crippen molar-refractivity contribution in [3.8, 4) is 5.75 Å². The molecule has 0 fully saturated rings. The molecular formula is C13H22N2O2. The second kappa shape index (κ2) is 5.98. The van der Waals surface area contributed by atoms with Gasteiger partial charge in [-0.15, -0.1) is 0 Å². The molecule has 2 N–H and O–H groups in total. The molecule has 0 amide bonds. The topological polar surface area (TPSA) is 57.4 Å². The first-order chi connectivity index (χ1) is 7.92. The first kappa shape index (κ1) is 13.9. The number of hydrogen-bond acceptors (Lipinski definition) is 4. The highest BCUT2D eigenvalue weighted by atomic mass is 16.5. The minimum Gasteiger partial charge on any atom is -0.489 e. The Labute approximate surface area is 103 Å². The molecule has 4 heteroatoms. The maximum Gasteiger partial charge on any atom is 0.142 e. The molecule has 17 heavy (non-hydrogen) atoms. The van der Waals surface area contributed by atoms with Crippen molar-refractivity contribution in [2.45, 2.75) is 39.8 Å². The maximum atomic E-state index is 5.62. The Hall–Kier alpha value is -1.13. The third-order valence-corrected chi connectivity index (χ3v) is 2.14. The molecule has 0 spiro atoms. The summed E-state index contributed by atoms with van der Waals surface area (Å²) in [5.41, 5.74) is 7.23. The van der Waals surface area contributed by atoms with E-state index in [9.17, 15) is 0 Å². The monoisotopic (exact) mass is 238 g/mol. The number of hydrogen-bond donors (Lipinski definition) is 1. The summed E-state index contributed by atoms with van der Waals surface area (Å²) in [6, 6.07) is 3.82. The van der Waals surface area contributed by atoms with E-state index >= 15 is 0 Å². The Morgan fingerprint density at radius 2 is 1.94 bits per heavy atom. The molecular weight excluding hydrogens is 216 g/mol. The van der Waals surface area contributed by atoms with E-state index in [1.165, 1.54) is 0 Å². The summed E-state index contributed by atoms with van der Waals surface area (Å²) >= 11 is 0. The molecule has 0 aliphatic heterocycles. The van der Waals surface area contributed by atoms with Gasteiger partial charge in [0.1, 0.15) is 12.4 Å². The van der Waals surface area contributed by atoms with E-state index in [0.29, 0.717) is 19.8 Å². The number of aromatic nitrogens is 1. The standard InChI is InChI=1S/C13H22N2O2/c1-10-5-6-12(11(9-14)15-10)16-7-8-17-13(2,3)4/h5-6H,7-9,14H2,1-4H3. The normalized spacial score (nSPS) is 11.6. The zero-order valence-corrected chi connectivity index (χ0v) is 11.1.